The molecule has 3 heteroatoms. The first-order chi connectivity index (χ1) is 6.24. The van der Waals surface area contributed by atoms with Gasteiger partial charge in [0.1, 0.15) is 0 Å². The predicted octanol–water partition coefficient (Wildman–Crippen LogP) is 1.38. The Kier molecular flexibility index (Phi) is 2.97. The van der Waals surface area contributed by atoms with Gasteiger partial charge in [0.2, 0.25) is 5.78 Å². The van der Waals surface area contributed by atoms with Gasteiger partial charge in [0.15, 0.2) is 0 Å². The maximum Gasteiger partial charge on any atom is 0.296 e. The Hall–Kier alpha value is -1.90. The Morgan fingerprint density at radius 3 is 2.38 bits per heavy atom. The van der Waals surface area contributed by atoms with Crippen LogP contribution in [0.3, 0.4) is 0 Å². The van der Waals surface area contributed by atoms with Crippen molar-refractivity contribution in [2.75, 3.05) is 5.32 Å². The van der Waals surface area contributed by atoms with Crippen molar-refractivity contribution in [3.8, 4) is 0 Å². The molecule has 1 aromatic rings. The second kappa shape index (κ2) is 4.21. The van der Waals surface area contributed by atoms with Gasteiger partial charge in [0.05, 0.1) is 0 Å². The zero-order valence-corrected chi connectivity index (χ0v) is 6.99. The first-order valence-electron chi connectivity index (χ1n) is 3.77. The average molecular weight is 175 g/mol. The fourth-order valence-electron chi connectivity index (χ4n) is 0.807. The fraction of sp³-hybridized carbons (Fsp3) is 0. The molecule has 1 rings (SSSR count). The van der Waals surface area contributed by atoms with Crippen molar-refractivity contribution >= 4 is 17.4 Å². The third-order valence-electron chi connectivity index (χ3n) is 1.44. The van der Waals surface area contributed by atoms with E-state index in [1.165, 1.54) is 0 Å². The quantitative estimate of drug-likeness (QED) is 0.557. The molecule has 0 saturated carbocycles. The molecule has 0 fully saturated rings. The number of anilines is 1. The zero-order valence-electron chi connectivity index (χ0n) is 6.99. The summed E-state index contributed by atoms with van der Waals surface area (Å²) in [7, 11) is 0. The lowest BCUT2D eigenvalue weighted by molar-refractivity contribution is -0.131. The van der Waals surface area contributed by atoms with Crippen LogP contribution in [0.5, 0.6) is 0 Å². The van der Waals surface area contributed by atoms with Gasteiger partial charge in [0.25, 0.3) is 5.91 Å². The molecule has 0 aliphatic rings. The Balaban J connectivity index is 2.65. The second-order valence-electron chi connectivity index (χ2n) is 2.39. The van der Waals surface area contributed by atoms with Crippen molar-refractivity contribution in [3.05, 3.63) is 43.0 Å². The lowest BCUT2D eigenvalue weighted by atomic mass is 10.3. The number of carbonyl (C=O) groups excluding carboxylic acids is 2. The Morgan fingerprint density at radius 2 is 1.85 bits per heavy atom. The lowest BCUT2D eigenvalue weighted by Gasteiger charge is -2.00. The molecule has 13 heavy (non-hydrogen) atoms. The van der Waals surface area contributed by atoms with Gasteiger partial charge in [-0.15, -0.1) is 0 Å². The molecule has 1 aromatic carbocycles. The van der Waals surface area contributed by atoms with Crippen LogP contribution in [0.4, 0.5) is 5.69 Å². The molecule has 0 atom stereocenters. The van der Waals surface area contributed by atoms with Crippen LogP contribution in [0.15, 0.2) is 43.0 Å². The lowest BCUT2D eigenvalue weighted by Crippen LogP contribution is -2.20. The SMILES string of the molecule is C=CC(=O)C(=O)Nc1ccccc1. The summed E-state index contributed by atoms with van der Waals surface area (Å²) in [6.07, 6.45) is 0.984. The largest absolute Gasteiger partial charge is 0.319 e. The minimum absolute atomic E-state index is 0.600. The predicted molar refractivity (Wildman–Crippen MR) is 50.3 cm³/mol. The van der Waals surface area contributed by atoms with E-state index >= 15 is 0 Å². The van der Waals surface area contributed by atoms with Crippen LogP contribution in [0.2, 0.25) is 0 Å². The van der Waals surface area contributed by atoms with Gasteiger partial charge >= 0.3 is 0 Å². The maximum absolute atomic E-state index is 11.0. The molecule has 3 nitrogen and oxygen atoms in total. The molecule has 0 spiro atoms. The maximum atomic E-state index is 11.0. The van der Waals surface area contributed by atoms with Gasteiger partial charge in [-0.1, -0.05) is 24.8 Å². The van der Waals surface area contributed by atoms with Crippen molar-refractivity contribution < 1.29 is 9.59 Å². The standard InChI is InChI=1S/C10H9NO2/c1-2-9(12)10(13)11-8-6-4-3-5-7-8/h2-7H,1H2,(H,11,13). The minimum Gasteiger partial charge on any atom is -0.319 e. The molecule has 66 valence electrons. The van der Waals surface area contributed by atoms with Crippen LogP contribution in [-0.4, -0.2) is 11.7 Å². The van der Waals surface area contributed by atoms with Crippen LogP contribution in [0.1, 0.15) is 0 Å². The smallest absolute Gasteiger partial charge is 0.296 e. The molecular formula is C10H9NO2. The normalized spacial score (nSPS) is 8.92. The van der Waals surface area contributed by atoms with Crippen molar-refractivity contribution in [2.24, 2.45) is 0 Å². The number of nitrogens with one attached hydrogen (secondary N) is 1. The summed E-state index contributed by atoms with van der Waals surface area (Å²) in [6.45, 7) is 3.21. The number of benzene rings is 1. The van der Waals surface area contributed by atoms with Gasteiger partial charge in [-0.3, -0.25) is 9.59 Å². The summed E-state index contributed by atoms with van der Waals surface area (Å²) in [6, 6.07) is 8.77. The van der Waals surface area contributed by atoms with E-state index < -0.39 is 11.7 Å². The number of ketones is 1. The number of carbonyl (C=O) groups is 2. The molecule has 0 saturated heterocycles. The summed E-state index contributed by atoms with van der Waals surface area (Å²) in [5.74, 6) is -1.30. The number of hydrogen-bond acceptors (Lipinski definition) is 2. The Morgan fingerprint density at radius 1 is 1.23 bits per heavy atom. The van der Waals surface area contributed by atoms with Gasteiger partial charge in [-0.05, 0) is 18.2 Å². The van der Waals surface area contributed by atoms with Crippen molar-refractivity contribution in [3.63, 3.8) is 0 Å². The van der Waals surface area contributed by atoms with Gasteiger partial charge in [-0.25, -0.2) is 0 Å². The summed E-state index contributed by atoms with van der Waals surface area (Å²) in [5, 5.41) is 2.43. The van der Waals surface area contributed by atoms with E-state index in [1.807, 2.05) is 6.07 Å². The van der Waals surface area contributed by atoms with Crippen molar-refractivity contribution in [1.82, 2.24) is 0 Å². The molecule has 0 heterocycles. The van der Waals surface area contributed by atoms with E-state index in [0.717, 1.165) is 6.08 Å². The van der Waals surface area contributed by atoms with E-state index in [9.17, 15) is 9.59 Å². The number of para-hydroxylation sites is 1. The molecule has 0 bridgehead atoms. The first-order valence-corrected chi connectivity index (χ1v) is 3.77. The molecule has 0 aliphatic carbocycles. The summed E-state index contributed by atoms with van der Waals surface area (Å²) >= 11 is 0. The van der Waals surface area contributed by atoms with E-state index in [1.54, 1.807) is 24.3 Å². The van der Waals surface area contributed by atoms with E-state index in [4.69, 9.17) is 0 Å². The number of hydrogen-bond donors (Lipinski definition) is 1. The highest BCUT2D eigenvalue weighted by molar-refractivity contribution is 6.44. The fourth-order valence-corrected chi connectivity index (χ4v) is 0.807. The monoisotopic (exact) mass is 175 g/mol. The topological polar surface area (TPSA) is 46.2 Å². The van der Waals surface area contributed by atoms with Crippen LogP contribution < -0.4 is 5.32 Å². The van der Waals surface area contributed by atoms with Gasteiger partial charge in [0, 0.05) is 5.69 Å². The van der Waals surface area contributed by atoms with Gasteiger partial charge in [-0.2, -0.15) is 0 Å². The number of rotatable bonds is 3. The molecule has 0 radical (unpaired) electrons. The molecule has 0 unspecified atom stereocenters. The Labute approximate surface area is 76.1 Å². The summed E-state index contributed by atoms with van der Waals surface area (Å²) in [5.41, 5.74) is 0.600. The third-order valence-corrected chi connectivity index (χ3v) is 1.44. The summed E-state index contributed by atoms with van der Waals surface area (Å²) < 4.78 is 0. The highest BCUT2D eigenvalue weighted by atomic mass is 16.2. The highest BCUT2D eigenvalue weighted by Gasteiger charge is 2.08. The van der Waals surface area contributed by atoms with E-state index in [0.29, 0.717) is 5.69 Å². The average Bonchev–Trinajstić information content (AvgIpc) is 2.18. The van der Waals surface area contributed by atoms with E-state index in [2.05, 4.69) is 11.9 Å². The molecule has 1 amide bonds. The van der Waals surface area contributed by atoms with Crippen molar-refractivity contribution in [1.29, 1.82) is 0 Å². The minimum atomic E-state index is -0.666. The molecular weight excluding hydrogens is 166 g/mol. The molecule has 0 aliphatic heterocycles. The van der Waals surface area contributed by atoms with E-state index in [-0.39, 0.29) is 0 Å². The molecule has 1 N–H and O–H groups in total. The molecule has 0 aromatic heterocycles. The van der Waals surface area contributed by atoms with Gasteiger partial charge < -0.3 is 5.32 Å². The zero-order chi connectivity index (χ0) is 9.68. The number of amides is 1. The summed E-state index contributed by atoms with van der Waals surface area (Å²) in [4.78, 5) is 21.8. The van der Waals surface area contributed by atoms with Crippen LogP contribution in [-0.2, 0) is 9.59 Å². The van der Waals surface area contributed by atoms with Crippen LogP contribution >= 0.6 is 0 Å². The second-order valence-corrected chi connectivity index (χ2v) is 2.39. The van der Waals surface area contributed by atoms with Crippen LogP contribution in [0.25, 0.3) is 0 Å². The van der Waals surface area contributed by atoms with Crippen LogP contribution in [0, 0.1) is 0 Å². The third kappa shape index (κ3) is 2.56. The van der Waals surface area contributed by atoms with Crippen molar-refractivity contribution in [2.45, 2.75) is 0 Å². The Bertz CT molecular complexity index is 330. The highest BCUT2D eigenvalue weighted by Crippen LogP contribution is 2.04. The first kappa shape index (κ1) is 9.19.